The van der Waals surface area contributed by atoms with E-state index < -0.39 is 27.7 Å². The quantitative estimate of drug-likeness (QED) is 0.413. The molecule has 0 amide bonds. The molecule has 33 heavy (non-hydrogen) atoms. The Morgan fingerprint density at radius 2 is 1.58 bits per heavy atom. The van der Waals surface area contributed by atoms with Crippen LogP contribution in [-0.4, -0.2) is 31.8 Å². The molecular formula is C25H21FN2O4S. The summed E-state index contributed by atoms with van der Waals surface area (Å²) in [6, 6.07) is 20.9. The van der Waals surface area contributed by atoms with Crippen molar-refractivity contribution in [3.63, 3.8) is 0 Å². The first kappa shape index (κ1) is 22.6. The van der Waals surface area contributed by atoms with Crippen molar-refractivity contribution in [2.24, 2.45) is 5.92 Å². The van der Waals surface area contributed by atoms with Gasteiger partial charge in [-0.1, -0.05) is 24.3 Å². The Morgan fingerprint density at radius 3 is 2.18 bits per heavy atom. The summed E-state index contributed by atoms with van der Waals surface area (Å²) in [7, 11) is -3.82. The van der Waals surface area contributed by atoms with Gasteiger partial charge in [-0.25, -0.2) is 12.8 Å². The number of esters is 1. The smallest absolute Gasteiger partial charge is 0.315 e. The van der Waals surface area contributed by atoms with E-state index in [0.29, 0.717) is 30.7 Å². The molecule has 1 fully saturated rings. The summed E-state index contributed by atoms with van der Waals surface area (Å²) in [6.45, 7) is 0.310. The molecule has 8 heteroatoms. The van der Waals surface area contributed by atoms with Gasteiger partial charge in [0.1, 0.15) is 11.6 Å². The van der Waals surface area contributed by atoms with Crippen LogP contribution in [0, 0.1) is 23.1 Å². The number of nitriles is 1. The second kappa shape index (κ2) is 9.53. The summed E-state index contributed by atoms with van der Waals surface area (Å²) in [4.78, 5) is 12.7. The number of benzene rings is 3. The van der Waals surface area contributed by atoms with E-state index in [1.807, 2.05) is 24.3 Å². The first-order chi connectivity index (χ1) is 15.9. The number of halogens is 1. The lowest BCUT2D eigenvalue weighted by Gasteiger charge is -2.30. The van der Waals surface area contributed by atoms with Crippen molar-refractivity contribution in [1.29, 1.82) is 5.26 Å². The van der Waals surface area contributed by atoms with E-state index >= 15 is 0 Å². The number of rotatable bonds is 5. The van der Waals surface area contributed by atoms with Gasteiger partial charge in [0.15, 0.2) is 0 Å². The second-order valence-electron chi connectivity index (χ2n) is 7.79. The average Bonchev–Trinajstić information content (AvgIpc) is 2.85. The molecule has 3 aromatic carbocycles. The minimum atomic E-state index is -3.82. The molecular weight excluding hydrogens is 443 g/mol. The van der Waals surface area contributed by atoms with Crippen LogP contribution in [0.2, 0.25) is 0 Å². The van der Waals surface area contributed by atoms with E-state index in [2.05, 4.69) is 6.07 Å². The van der Waals surface area contributed by atoms with Gasteiger partial charge in [0, 0.05) is 13.1 Å². The van der Waals surface area contributed by atoms with Crippen LogP contribution < -0.4 is 4.74 Å². The number of carbonyl (C=O) groups excluding carboxylic acids is 1. The third-order valence-corrected chi connectivity index (χ3v) is 7.47. The molecule has 6 nitrogen and oxygen atoms in total. The predicted octanol–water partition coefficient (Wildman–Crippen LogP) is 4.37. The van der Waals surface area contributed by atoms with Gasteiger partial charge < -0.3 is 4.74 Å². The van der Waals surface area contributed by atoms with E-state index in [-0.39, 0.29) is 11.4 Å². The fourth-order valence-corrected chi connectivity index (χ4v) is 5.28. The molecule has 1 unspecified atom stereocenters. The van der Waals surface area contributed by atoms with E-state index in [1.165, 1.54) is 16.4 Å². The maximum absolute atomic E-state index is 13.2. The van der Waals surface area contributed by atoms with Gasteiger partial charge in [-0.15, -0.1) is 0 Å². The summed E-state index contributed by atoms with van der Waals surface area (Å²) in [5.74, 6) is -1.22. The van der Waals surface area contributed by atoms with E-state index in [4.69, 9.17) is 10.00 Å². The number of carbonyl (C=O) groups is 1. The fraction of sp³-hybridized carbons (Fsp3) is 0.200. The van der Waals surface area contributed by atoms with Gasteiger partial charge in [-0.05, 0) is 72.5 Å². The molecule has 1 aliphatic rings. The van der Waals surface area contributed by atoms with Crippen molar-refractivity contribution < 1.29 is 22.3 Å². The van der Waals surface area contributed by atoms with Gasteiger partial charge in [0.05, 0.1) is 22.4 Å². The van der Waals surface area contributed by atoms with Crippen LogP contribution in [0.1, 0.15) is 18.4 Å². The third-order valence-electron chi connectivity index (χ3n) is 5.59. The lowest BCUT2D eigenvalue weighted by atomic mass is 10.00. The highest BCUT2D eigenvalue weighted by Gasteiger charge is 2.34. The highest BCUT2D eigenvalue weighted by atomic mass is 32.2. The Kier molecular flexibility index (Phi) is 6.54. The van der Waals surface area contributed by atoms with E-state index in [9.17, 15) is 17.6 Å². The second-order valence-corrected chi connectivity index (χ2v) is 9.73. The summed E-state index contributed by atoms with van der Waals surface area (Å²) in [5, 5.41) is 8.91. The molecule has 0 radical (unpaired) electrons. The molecule has 0 spiro atoms. The number of piperidine rings is 1. The zero-order valence-electron chi connectivity index (χ0n) is 17.6. The molecule has 1 saturated heterocycles. The Labute approximate surface area is 191 Å². The van der Waals surface area contributed by atoms with Crippen LogP contribution in [0.4, 0.5) is 4.39 Å². The highest BCUT2D eigenvalue weighted by Crippen LogP contribution is 2.27. The fourth-order valence-electron chi connectivity index (χ4n) is 3.76. The Morgan fingerprint density at radius 1 is 0.970 bits per heavy atom. The van der Waals surface area contributed by atoms with Gasteiger partial charge in [0.2, 0.25) is 10.0 Å². The van der Waals surface area contributed by atoms with Crippen molar-refractivity contribution in [1.82, 2.24) is 4.31 Å². The van der Waals surface area contributed by atoms with Crippen molar-refractivity contribution in [3.8, 4) is 22.9 Å². The summed E-state index contributed by atoms with van der Waals surface area (Å²) < 4.78 is 45.7. The Bertz CT molecular complexity index is 1280. The van der Waals surface area contributed by atoms with E-state index in [1.54, 1.807) is 24.3 Å². The van der Waals surface area contributed by atoms with Crippen LogP contribution >= 0.6 is 0 Å². The predicted molar refractivity (Wildman–Crippen MR) is 120 cm³/mol. The SMILES string of the molecule is N#Cc1ccc(-c2ccc(OC(=O)C3CCCN(S(=O)(=O)c4ccc(F)cc4)C3)cc2)cc1. The molecule has 1 atom stereocenters. The van der Waals surface area contributed by atoms with Crippen molar-refractivity contribution in [3.05, 3.63) is 84.2 Å². The van der Waals surface area contributed by atoms with Gasteiger partial charge >= 0.3 is 5.97 Å². The standard InChI is InChI=1S/C25H21FN2O4S/c26-22-9-13-24(14-10-22)33(30,31)28-15-1-2-21(17-28)25(29)32-23-11-7-20(8-12-23)19-5-3-18(16-27)4-6-19/h3-14,21H,1-2,15,17H2. The van der Waals surface area contributed by atoms with Crippen LogP contribution in [0.25, 0.3) is 11.1 Å². The molecule has 0 aromatic heterocycles. The van der Waals surface area contributed by atoms with Gasteiger partial charge in [-0.2, -0.15) is 9.57 Å². The number of sulfonamides is 1. The molecule has 0 bridgehead atoms. The lowest BCUT2D eigenvalue weighted by molar-refractivity contribution is -0.140. The minimum Gasteiger partial charge on any atom is -0.426 e. The monoisotopic (exact) mass is 464 g/mol. The van der Waals surface area contributed by atoms with Gasteiger partial charge in [0.25, 0.3) is 0 Å². The number of hydrogen-bond donors (Lipinski definition) is 0. The van der Waals surface area contributed by atoms with Gasteiger partial charge in [-0.3, -0.25) is 4.79 Å². The molecule has 1 heterocycles. The van der Waals surface area contributed by atoms with Crippen LogP contribution in [0.5, 0.6) is 5.75 Å². The number of hydrogen-bond acceptors (Lipinski definition) is 5. The number of ether oxygens (including phenoxy) is 1. The molecule has 3 aromatic rings. The Hall–Kier alpha value is -3.54. The van der Waals surface area contributed by atoms with E-state index in [0.717, 1.165) is 23.3 Å². The van der Waals surface area contributed by atoms with Crippen LogP contribution in [-0.2, 0) is 14.8 Å². The van der Waals surface area contributed by atoms with Crippen LogP contribution in [0.15, 0.2) is 77.7 Å². The van der Waals surface area contributed by atoms with Crippen LogP contribution in [0.3, 0.4) is 0 Å². The lowest BCUT2D eigenvalue weighted by Crippen LogP contribution is -2.43. The number of nitrogens with zero attached hydrogens (tertiary/aromatic N) is 2. The first-order valence-electron chi connectivity index (χ1n) is 10.4. The zero-order chi connectivity index (χ0) is 23.4. The summed E-state index contributed by atoms with van der Waals surface area (Å²) in [5.41, 5.74) is 2.42. The zero-order valence-corrected chi connectivity index (χ0v) is 18.5. The van der Waals surface area contributed by atoms with Crippen molar-refractivity contribution in [2.75, 3.05) is 13.1 Å². The molecule has 0 aliphatic carbocycles. The molecule has 1 aliphatic heterocycles. The van der Waals surface area contributed by atoms with Crippen molar-refractivity contribution in [2.45, 2.75) is 17.7 Å². The normalized spacial score (nSPS) is 16.7. The highest BCUT2D eigenvalue weighted by molar-refractivity contribution is 7.89. The summed E-state index contributed by atoms with van der Waals surface area (Å²) in [6.07, 6.45) is 1.05. The molecule has 0 saturated carbocycles. The molecule has 4 rings (SSSR count). The maximum atomic E-state index is 13.2. The third kappa shape index (κ3) is 5.11. The largest absolute Gasteiger partial charge is 0.426 e. The Balaban J connectivity index is 1.41. The molecule has 0 N–H and O–H groups in total. The first-order valence-corrected chi connectivity index (χ1v) is 11.9. The maximum Gasteiger partial charge on any atom is 0.315 e. The minimum absolute atomic E-state index is 0.00342. The topological polar surface area (TPSA) is 87.5 Å². The average molecular weight is 465 g/mol. The molecule has 168 valence electrons. The van der Waals surface area contributed by atoms with Crippen molar-refractivity contribution >= 4 is 16.0 Å². The summed E-state index contributed by atoms with van der Waals surface area (Å²) >= 11 is 0.